The van der Waals surface area contributed by atoms with Crippen molar-refractivity contribution in [3.63, 3.8) is 0 Å². The van der Waals surface area contributed by atoms with Gasteiger partial charge < -0.3 is 10.0 Å². The molecule has 1 N–H and O–H groups in total. The van der Waals surface area contributed by atoms with Crippen molar-refractivity contribution < 1.29 is 5.11 Å². The number of fused-ring (bicyclic) bond motifs is 1. The standard InChI is InChI=1S/C21H31BrN4O2/c1-4-6-19(25-10-9-24(3)12-15(13-25)14-27)20-23-18-8-7-16(22)11-17(18)21(28)26(20)5-2/h7-8,11,15,19,27H,4-6,9-10,12-14H2,1-3H3/t15-,19+/m0/s1. The largest absolute Gasteiger partial charge is 0.396 e. The number of benzene rings is 1. The number of likely N-dealkylation sites (N-methyl/N-ethyl adjacent to an activating group) is 1. The van der Waals surface area contributed by atoms with Crippen LogP contribution in [-0.4, -0.2) is 64.3 Å². The summed E-state index contributed by atoms with van der Waals surface area (Å²) < 4.78 is 2.72. The molecule has 1 saturated heterocycles. The molecule has 1 aliphatic heterocycles. The van der Waals surface area contributed by atoms with E-state index in [0.717, 1.165) is 54.8 Å². The molecule has 2 heterocycles. The van der Waals surface area contributed by atoms with Gasteiger partial charge in [0.25, 0.3) is 5.56 Å². The second-order valence-corrected chi connectivity index (χ2v) is 8.71. The van der Waals surface area contributed by atoms with Crippen LogP contribution in [-0.2, 0) is 6.54 Å². The second-order valence-electron chi connectivity index (χ2n) is 7.79. The zero-order chi connectivity index (χ0) is 20.3. The molecule has 1 fully saturated rings. The molecule has 2 aromatic rings. The maximum atomic E-state index is 13.2. The Balaban J connectivity index is 2.09. The number of halogens is 1. The topological polar surface area (TPSA) is 61.6 Å². The molecule has 154 valence electrons. The van der Waals surface area contributed by atoms with Gasteiger partial charge >= 0.3 is 0 Å². The van der Waals surface area contributed by atoms with Crippen LogP contribution in [0, 0.1) is 5.92 Å². The first-order chi connectivity index (χ1) is 13.5. The minimum Gasteiger partial charge on any atom is -0.396 e. The molecule has 1 aliphatic rings. The molecule has 0 bridgehead atoms. The van der Waals surface area contributed by atoms with Gasteiger partial charge in [0.05, 0.1) is 16.9 Å². The van der Waals surface area contributed by atoms with E-state index in [1.807, 2.05) is 29.7 Å². The summed E-state index contributed by atoms with van der Waals surface area (Å²) in [6.45, 7) is 8.54. The van der Waals surface area contributed by atoms with E-state index < -0.39 is 0 Å². The Labute approximate surface area is 175 Å². The molecule has 0 saturated carbocycles. The minimum absolute atomic E-state index is 0.0237. The fourth-order valence-corrected chi connectivity index (χ4v) is 4.59. The van der Waals surface area contributed by atoms with Gasteiger partial charge in [-0.25, -0.2) is 4.98 Å². The van der Waals surface area contributed by atoms with Gasteiger partial charge in [0.2, 0.25) is 0 Å². The van der Waals surface area contributed by atoms with E-state index in [4.69, 9.17) is 4.98 Å². The minimum atomic E-state index is 0.0237. The van der Waals surface area contributed by atoms with Crippen molar-refractivity contribution in [1.29, 1.82) is 0 Å². The summed E-state index contributed by atoms with van der Waals surface area (Å²) in [6.07, 6.45) is 1.95. The van der Waals surface area contributed by atoms with Crippen molar-refractivity contribution in [3.8, 4) is 0 Å². The summed E-state index contributed by atoms with van der Waals surface area (Å²) in [5.41, 5.74) is 0.773. The highest BCUT2D eigenvalue weighted by molar-refractivity contribution is 9.10. The number of aliphatic hydroxyl groups is 1. The van der Waals surface area contributed by atoms with Crippen LogP contribution in [0.15, 0.2) is 27.5 Å². The molecule has 2 atom stereocenters. The Hall–Kier alpha value is -1.28. The van der Waals surface area contributed by atoms with Crippen LogP contribution in [0.4, 0.5) is 0 Å². The Morgan fingerprint density at radius 2 is 2.07 bits per heavy atom. The van der Waals surface area contributed by atoms with Gasteiger partial charge in [-0.3, -0.25) is 14.3 Å². The summed E-state index contributed by atoms with van der Waals surface area (Å²) in [6, 6.07) is 5.79. The highest BCUT2D eigenvalue weighted by Gasteiger charge is 2.29. The van der Waals surface area contributed by atoms with Crippen LogP contribution in [0.25, 0.3) is 10.9 Å². The van der Waals surface area contributed by atoms with E-state index in [2.05, 4.69) is 39.7 Å². The number of hydrogen-bond donors (Lipinski definition) is 1. The van der Waals surface area contributed by atoms with Crippen molar-refractivity contribution in [2.45, 2.75) is 39.3 Å². The van der Waals surface area contributed by atoms with Gasteiger partial charge in [0.15, 0.2) is 0 Å². The summed E-state index contributed by atoms with van der Waals surface area (Å²) in [7, 11) is 2.11. The molecule has 6 nitrogen and oxygen atoms in total. The molecule has 0 amide bonds. The molecule has 0 unspecified atom stereocenters. The quantitative estimate of drug-likeness (QED) is 0.732. The van der Waals surface area contributed by atoms with Gasteiger partial charge in [0.1, 0.15) is 5.82 Å². The highest BCUT2D eigenvalue weighted by Crippen LogP contribution is 2.28. The Morgan fingerprint density at radius 1 is 1.29 bits per heavy atom. The first-order valence-corrected chi connectivity index (χ1v) is 11.0. The number of aliphatic hydroxyl groups excluding tert-OH is 1. The summed E-state index contributed by atoms with van der Waals surface area (Å²) in [5.74, 6) is 1.07. The predicted octanol–water partition coefficient (Wildman–Crippen LogP) is 2.88. The molecule has 7 heteroatoms. The van der Waals surface area contributed by atoms with Gasteiger partial charge in [-0.1, -0.05) is 29.3 Å². The number of aromatic nitrogens is 2. The fraction of sp³-hybridized carbons (Fsp3) is 0.619. The lowest BCUT2D eigenvalue weighted by molar-refractivity contribution is 0.133. The zero-order valence-electron chi connectivity index (χ0n) is 17.1. The van der Waals surface area contributed by atoms with Gasteiger partial charge in [-0.05, 0) is 38.6 Å². The van der Waals surface area contributed by atoms with Crippen LogP contribution in [0.5, 0.6) is 0 Å². The average molecular weight is 451 g/mol. The smallest absolute Gasteiger partial charge is 0.261 e. The Kier molecular flexibility index (Phi) is 7.25. The normalized spacial score (nSPS) is 20.4. The third-order valence-electron chi connectivity index (χ3n) is 5.65. The number of hydrogen-bond acceptors (Lipinski definition) is 5. The Morgan fingerprint density at radius 3 is 2.75 bits per heavy atom. The third-order valence-corrected chi connectivity index (χ3v) is 6.15. The molecule has 1 aromatic heterocycles. The third kappa shape index (κ3) is 4.48. The first kappa shape index (κ1) is 21.4. The summed E-state index contributed by atoms with van der Waals surface area (Å²) in [4.78, 5) is 22.9. The first-order valence-electron chi connectivity index (χ1n) is 10.2. The molecule has 28 heavy (non-hydrogen) atoms. The fourth-order valence-electron chi connectivity index (χ4n) is 4.23. The maximum absolute atomic E-state index is 13.2. The Bertz CT molecular complexity index is 869. The van der Waals surface area contributed by atoms with E-state index in [-0.39, 0.29) is 24.1 Å². The van der Waals surface area contributed by atoms with Crippen LogP contribution in [0.2, 0.25) is 0 Å². The molecule has 0 radical (unpaired) electrons. The van der Waals surface area contributed by atoms with Crippen molar-refractivity contribution in [3.05, 3.63) is 38.9 Å². The van der Waals surface area contributed by atoms with E-state index in [1.165, 1.54) is 0 Å². The second kappa shape index (κ2) is 9.48. The number of rotatable bonds is 6. The lowest BCUT2D eigenvalue weighted by atomic mass is 10.1. The summed E-state index contributed by atoms with van der Waals surface area (Å²) in [5, 5.41) is 10.5. The molecular weight excluding hydrogens is 420 g/mol. The monoisotopic (exact) mass is 450 g/mol. The molecule has 0 aliphatic carbocycles. The van der Waals surface area contributed by atoms with E-state index >= 15 is 0 Å². The van der Waals surface area contributed by atoms with Gasteiger partial charge in [-0.2, -0.15) is 0 Å². The predicted molar refractivity (Wildman–Crippen MR) is 117 cm³/mol. The molecule has 1 aromatic carbocycles. The van der Waals surface area contributed by atoms with E-state index in [0.29, 0.717) is 11.9 Å². The maximum Gasteiger partial charge on any atom is 0.261 e. The van der Waals surface area contributed by atoms with E-state index in [9.17, 15) is 9.90 Å². The van der Waals surface area contributed by atoms with Crippen LogP contribution < -0.4 is 5.56 Å². The molecule has 0 spiro atoms. The molecular formula is C21H31BrN4O2. The van der Waals surface area contributed by atoms with Gasteiger partial charge in [0, 0.05) is 49.7 Å². The average Bonchev–Trinajstić information content (AvgIpc) is 2.88. The zero-order valence-corrected chi connectivity index (χ0v) is 18.7. The van der Waals surface area contributed by atoms with Crippen molar-refractivity contribution in [1.82, 2.24) is 19.4 Å². The van der Waals surface area contributed by atoms with Crippen LogP contribution in [0.3, 0.4) is 0 Å². The van der Waals surface area contributed by atoms with Crippen molar-refractivity contribution >= 4 is 26.8 Å². The lowest BCUT2D eigenvalue weighted by Crippen LogP contribution is -2.38. The molecule has 3 rings (SSSR count). The lowest BCUT2D eigenvalue weighted by Gasteiger charge is -2.33. The summed E-state index contributed by atoms with van der Waals surface area (Å²) >= 11 is 3.46. The number of nitrogens with zero attached hydrogens (tertiary/aromatic N) is 4. The van der Waals surface area contributed by atoms with Crippen molar-refractivity contribution in [2.24, 2.45) is 5.92 Å². The SMILES string of the molecule is CCC[C@H](c1nc2ccc(Br)cc2c(=O)n1CC)N1CCN(C)C[C@H](CO)C1. The van der Waals surface area contributed by atoms with Gasteiger partial charge in [-0.15, -0.1) is 0 Å². The van der Waals surface area contributed by atoms with Crippen LogP contribution in [0.1, 0.15) is 38.6 Å². The van der Waals surface area contributed by atoms with E-state index in [1.54, 1.807) is 0 Å². The van der Waals surface area contributed by atoms with Crippen molar-refractivity contribution in [2.75, 3.05) is 39.8 Å². The van der Waals surface area contributed by atoms with Crippen LogP contribution >= 0.6 is 15.9 Å². The highest BCUT2D eigenvalue weighted by atomic mass is 79.9.